The number of nitrogens with zero attached hydrogens (tertiary/aromatic N) is 1. The van der Waals surface area contributed by atoms with Crippen LogP contribution in [-0.2, 0) is 4.79 Å². The van der Waals surface area contributed by atoms with E-state index in [1.54, 1.807) is 0 Å². The van der Waals surface area contributed by atoms with Gasteiger partial charge in [-0.15, -0.1) is 0 Å². The Balaban J connectivity index is 3.15. The van der Waals surface area contributed by atoms with Gasteiger partial charge >= 0.3 is 5.97 Å². The molecule has 8 heteroatoms. The summed E-state index contributed by atoms with van der Waals surface area (Å²) in [4.78, 5) is 32.1. The van der Waals surface area contributed by atoms with E-state index >= 15 is 0 Å². The fraction of sp³-hybridized carbons (Fsp3) is 0.200. The zero-order valence-electron chi connectivity index (χ0n) is 9.37. The minimum Gasteiger partial charge on any atom is -0.496 e. The van der Waals surface area contributed by atoms with Crippen LogP contribution in [0.2, 0.25) is 0 Å². The van der Waals surface area contributed by atoms with Crippen LogP contribution in [0.3, 0.4) is 0 Å². The minimum atomic E-state index is -1.25. The number of amides is 1. The topological polar surface area (TPSA) is 119 Å². The number of nitro benzene ring substituents is 1. The quantitative estimate of drug-likeness (QED) is 0.580. The number of nitro groups is 1. The number of benzene rings is 1. The SMILES string of the molecule is COc1cccc([N+](=O)[O-])c1C(=O)NCC(=O)O. The first-order valence-corrected chi connectivity index (χ1v) is 4.78. The van der Waals surface area contributed by atoms with E-state index in [9.17, 15) is 19.7 Å². The van der Waals surface area contributed by atoms with Crippen molar-refractivity contribution in [3.8, 4) is 5.75 Å². The Kier molecular flexibility index (Phi) is 4.19. The highest BCUT2D eigenvalue weighted by atomic mass is 16.6. The molecule has 0 aromatic heterocycles. The molecule has 96 valence electrons. The lowest BCUT2D eigenvalue weighted by Crippen LogP contribution is -2.30. The van der Waals surface area contributed by atoms with Crippen molar-refractivity contribution in [2.45, 2.75) is 0 Å². The summed E-state index contributed by atoms with van der Waals surface area (Å²) >= 11 is 0. The minimum absolute atomic E-state index is 0.00656. The molecule has 1 amide bonds. The lowest BCUT2D eigenvalue weighted by Gasteiger charge is -2.08. The molecule has 0 radical (unpaired) electrons. The predicted molar refractivity (Wildman–Crippen MR) is 59.6 cm³/mol. The molecule has 0 bridgehead atoms. The Hall–Kier alpha value is -2.64. The first kappa shape index (κ1) is 13.4. The molecule has 0 atom stereocenters. The number of carbonyl (C=O) groups excluding carboxylic acids is 1. The molecule has 8 nitrogen and oxygen atoms in total. The van der Waals surface area contributed by atoms with Gasteiger partial charge in [-0.25, -0.2) is 0 Å². The highest BCUT2D eigenvalue weighted by Crippen LogP contribution is 2.27. The summed E-state index contributed by atoms with van der Waals surface area (Å²) in [6.07, 6.45) is 0. The maximum absolute atomic E-state index is 11.7. The summed E-state index contributed by atoms with van der Waals surface area (Å²) in [6.45, 7) is -0.631. The van der Waals surface area contributed by atoms with Crippen LogP contribution in [0.15, 0.2) is 18.2 Å². The van der Waals surface area contributed by atoms with Gasteiger partial charge in [0, 0.05) is 6.07 Å². The Morgan fingerprint density at radius 2 is 2.17 bits per heavy atom. The maximum atomic E-state index is 11.7. The smallest absolute Gasteiger partial charge is 0.322 e. The van der Waals surface area contributed by atoms with Crippen molar-refractivity contribution in [2.24, 2.45) is 0 Å². The average molecular weight is 254 g/mol. The van der Waals surface area contributed by atoms with Crippen LogP contribution in [0.4, 0.5) is 5.69 Å². The molecule has 2 N–H and O–H groups in total. The first-order chi connectivity index (χ1) is 8.47. The van der Waals surface area contributed by atoms with Gasteiger partial charge in [0.2, 0.25) is 0 Å². The fourth-order valence-corrected chi connectivity index (χ4v) is 1.31. The molecule has 0 aliphatic rings. The second kappa shape index (κ2) is 5.62. The highest BCUT2D eigenvalue weighted by molar-refractivity contribution is 6.01. The molecule has 1 aromatic carbocycles. The highest BCUT2D eigenvalue weighted by Gasteiger charge is 2.24. The van der Waals surface area contributed by atoms with Crippen LogP contribution in [0.1, 0.15) is 10.4 Å². The molecule has 0 saturated heterocycles. The number of methoxy groups -OCH3 is 1. The second-order valence-electron chi connectivity index (χ2n) is 3.19. The Morgan fingerprint density at radius 3 is 2.67 bits per heavy atom. The van der Waals surface area contributed by atoms with Crippen molar-refractivity contribution >= 4 is 17.6 Å². The monoisotopic (exact) mass is 254 g/mol. The van der Waals surface area contributed by atoms with Crippen molar-refractivity contribution in [1.29, 1.82) is 0 Å². The third-order valence-corrected chi connectivity index (χ3v) is 2.05. The largest absolute Gasteiger partial charge is 0.496 e. The van der Waals surface area contributed by atoms with Crippen LogP contribution in [0, 0.1) is 10.1 Å². The number of ether oxygens (including phenoxy) is 1. The van der Waals surface area contributed by atoms with E-state index in [1.165, 1.54) is 19.2 Å². The van der Waals surface area contributed by atoms with Gasteiger partial charge in [0.05, 0.1) is 12.0 Å². The van der Waals surface area contributed by atoms with Crippen molar-refractivity contribution in [1.82, 2.24) is 5.32 Å². The molecule has 1 aromatic rings. The number of hydrogen-bond acceptors (Lipinski definition) is 5. The normalized spacial score (nSPS) is 9.61. The van der Waals surface area contributed by atoms with Crippen molar-refractivity contribution < 1.29 is 24.4 Å². The van der Waals surface area contributed by atoms with E-state index in [0.717, 1.165) is 6.07 Å². The second-order valence-corrected chi connectivity index (χ2v) is 3.19. The standard InChI is InChI=1S/C10H10N2O6/c1-18-7-4-2-3-6(12(16)17)9(7)10(15)11-5-8(13)14/h2-4H,5H2,1H3,(H,11,15)(H,13,14). The van der Waals surface area contributed by atoms with Gasteiger partial charge in [-0.2, -0.15) is 0 Å². The van der Waals surface area contributed by atoms with Gasteiger partial charge in [0.25, 0.3) is 11.6 Å². The van der Waals surface area contributed by atoms with E-state index < -0.39 is 29.0 Å². The van der Waals surface area contributed by atoms with E-state index in [1.807, 2.05) is 5.32 Å². The van der Waals surface area contributed by atoms with E-state index in [-0.39, 0.29) is 11.3 Å². The predicted octanol–water partition coefficient (Wildman–Crippen LogP) is 0.418. The van der Waals surface area contributed by atoms with Gasteiger partial charge < -0.3 is 15.2 Å². The Bertz CT molecular complexity index is 499. The molecule has 0 fully saturated rings. The van der Waals surface area contributed by atoms with E-state index in [0.29, 0.717) is 0 Å². The zero-order chi connectivity index (χ0) is 13.7. The van der Waals surface area contributed by atoms with Gasteiger partial charge in [-0.3, -0.25) is 19.7 Å². The van der Waals surface area contributed by atoms with Gasteiger partial charge in [0.15, 0.2) is 5.56 Å². The Morgan fingerprint density at radius 1 is 1.50 bits per heavy atom. The van der Waals surface area contributed by atoms with Crippen LogP contribution in [0.25, 0.3) is 0 Å². The summed E-state index contributed by atoms with van der Waals surface area (Å²) in [5, 5.41) is 21.3. The molecule has 0 aliphatic heterocycles. The molecule has 0 heterocycles. The summed E-state index contributed by atoms with van der Waals surface area (Å²) in [5.74, 6) is -2.12. The number of carbonyl (C=O) groups is 2. The lowest BCUT2D eigenvalue weighted by atomic mass is 10.1. The number of rotatable bonds is 5. The fourth-order valence-electron chi connectivity index (χ4n) is 1.31. The van der Waals surface area contributed by atoms with Crippen molar-refractivity contribution in [3.63, 3.8) is 0 Å². The molecule has 18 heavy (non-hydrogen) atoms. The summed E-state index contributed by atoms with van der Waals surface area (Å²) < 4.78 is 4.85. The maximum Gasteiger partial charge on any atom is 0.322 e. The zero-order valence-corrected chi connectivity index (χ0v) is 9.37. The average Bonchev–Trinajstić information content (AvgIpc) is 2.34. The van der Waals surface area contributed by atoms with Crippen LogP contribution in [0.5, 0.6) is 5.75 Å². The number of nitrogens with one attached hydrogen (secondary N) is 1. The lowest BCUT2D eigenvalue weighted by molar-refractivity contribution is -0.385. The molecule has 0 unspecified atom stereocenters. The molecule has 0 spiro atoms. The van der Waals surface area contributed by atoms with Crippen LogP contribution >= 0.6 is 0 Å². The van der Waals surface area contributed by atoms with Crippen molar-refractivity contribution in [2.75, 3.05) is 13.7 Å². The number of hydrogen-bond donors (Lipinski definition) is 2. The van der Waals surface area contributed by atoms with E-state index in [4.69, 9.17) is 9.84 Å². The third kappa shape index (κ3) is 2.94. The first-order valence-electron chi connectivity index (χ1n) is 4.78. The van der Waals surface area contributed by atoms with Crippen LogP contribution < -0.4 is 10.1 Å². The number of carboxylic acid groups (broad SMARTS) is 1. The van der Waals surface area contributed by atoms with Crippen LogP contribution in [-0.4, -0.2) is 35.6 Å². The van der Waals surface area contributed by atoms with Gasteiger partial charge in [-0.1, -0.05) is 6.07 Å². The third-order valence-electron chi connectivity index (χ3n) is 2.05. The molecular formula is C10H10N2O6. The molecular weight excluding hydrogens is 244 g/mol. The summed E-state index contributed by atoms with van der Waals surface area (Å²) in [5.41, 5.74) is -0.747. The molecule has 0 saturated carbocycles. The van der Waals surface area contributed by atoms with Gasteiger partial charge in [0.1, 0.15) is 12.3 Å². The summed E-state index contributed by atoms with van der Waals surface area (Å²) in [7, 11) is 1.26. The van der Waals surface area contributed by atoms with Gasteiger partial charge in [-0.05, 0) is 6.07 Å². The number of aliphatic carboxylic acids is 1. The Labute approximate surface area is 101 Å². The van der Waals surface area contributed by atoms with Crippen molar-refractivity contribution in [3.05, 3.63) is 33.9 Å². The molecule has 0 aliphatic carbocycles. The number of carboxylic acids is 1. The van der Waals surface area contributed by atoms with E-state index in [2.05, 4.69) is 0 Å². The summed E-state index contributed by atoms with van der Waals surface area (Å²) in [6, 6.07) is 3.88. The molecule has 1 rings (SSSR count).